The monoisotopic (exact) mass is 609 g/mol. The van der Waals surface area contributed by atoms with Gasteiger partial charge in [-0.1, -0.05) is 149 Å². The molecule has 0 aliphatic carbocycles. The predicted octanol–water partition coefficient (Wildman–Crippen LogP) is 6.05. The lowest BCUT2D eigenvalue weighted by atomic mass is 9.94. The van der Waals surface area contributed by atoms with Crippen LogP contribution in [0.25, 0.3) is 0 Å². The maximum atomic E-state index is 12.5. The van der Waals surface area contributed by atoms with Crippen LogP contribution in [0.5, 0.6) is 0 Å². The fraction of sp³-hybridized carbons (Fsp3) is 0.324. The lowest BCUT2D eigenvalue weighted by Crippen LogP contribution is -2.67. The summed E-state index contributed by atoms with van der Waals surface area (Å²) in [6.45, 7) is 9.50. The summed E-state index contributed by atoms with van der Waals surface area (Å²) >= 11 is 0. The summed E-state index contributed by atoms with van der Waals surface area (Å²) in [6, 6.07) is 40.4. The van der Waals surface area contributed by atoms with E-state index in [1.807, 2.05) is 77.9 Å². The van der Waals surface area contributed by atoms with Gasteiger partial charge in [0.15, 0.2) is 0 Å². The smallest absolute Gasteiger partial charge is 0.308 e. The Kier molecular flexibility index (Phi) is 10.1. The van der Waals surface area contributed by atoms with Crippen molar-refractivity contribution in [3.05, 3.63) is 132 Å². The van der Waals surface area contributed by atoms with Crippen LogP contribution >= 0.6 is 0 Å². The summed E-state index contributed by atoms with van der Waals surface area (Å²) in [5.74, 6) is -1.63. The number of hydrogen-bond donors (Lipinski definition) is 1. The summed E-state index contributed by atoms with van der Waals surface area (Å²) in [7, 11) is -2.87. The average molecular weight is 610 g/mol. The minimum Gasteiger partial charge on any atom is -0.481 e. The van der Waals surface area contributed by atoms with E-state index < -0.39 is 38.5 Å². The van der Waals surface area contributed by atoms with Crippen LogP contribution < -0.4 is 10.4 Å². The Morgan fingerprint density at radius 1 is 0.818 bits per heavy atom. The van der Waals surface area contributed by atoms with Crippen LogP contribution in [0.2, 0.25) is 5.04 Å². The van der Waals surface area contributed by atoms with E-state index in [4.69, 9.17) is 14.0 Å². The van der Waals surface area contributed by atoms with Gasteiger partial charge in [-0.15, -0.1) is 0 Å². The Bertz CT molecular complexity index is 1420. The molecule has 6 nitrogen and oxygen atoms in total. The highest BCUT2D eigenvalue weighted by Gasteiger charge is 2.53. The lowest BCUT2D eigenvalue weighted by Gasteiger charge is -2.43. The molecular weight excluding hydrogens is 566 g/mol. The van der Waals surface area contributed by atoms with Crippen molar-refractivity contribution < 1.29 is 23.9 Å². The number of hydrogen-bond acceptors (Lipinski definition) is 5. The molecule has 0 saturated carbocycles. The van der Waals surface area contributed by atoms with E-state index in [-0.39, 0.29) is 11.6 Å². The van der Waals surface area contributed by atoms with Crippen LogP contribution in [-0.2, 0) is 31.9 Å². The highest BCUT2D eigenvalue weighted by molar-refractivity contribution is 6.99. The summed E-state index contributed by atoms with van der Waals surface area (Å²) in [5, 5.41) is 14.2. The second kappa shape index (κ2) is 14.0. The molecule has 0 amide bonds. The molecule has 1 N–H and O–H groups in total. The van der Waals surface area contributed by atoms with Gasteiger partial charge in [0, 0.05) is 6.54 Å². The fourth-order valence-corrected chi connectivity index (χ4v) is 10.9. The molecular formula is C37H43NO5Si. The standard InChI is InChI=1S/C37H43NO5Si/c1-28(36(39)40)34-35(41-26-30-19-11-6-12-20-30)33(43-38(34)25-29-17-9-5-10-18-29)27-42-44(37(2,3)4,31-21-13-7-14-22-31)32-23-15-8-16-24-32/h5-24,28,33-35H,25-27H2,1-4H3,(H,39,40)/t28?,33-,34-,35-/m0/s1. The number of rotatable bonds is 12. The van der Waals surface area contributed by atoms with Crippen molar-refractivity contribution in [1.29, 1.82) is 0 Å². The van der Waals surface area contributed by atoms with Gasteiger partial charge in [-0.2, -0.15) is 5.06 Å². The van der Waals surface area contributed by atoms with E-state index in [2.05, 4.69) is 69.3 Å². The van der Waals surface area contributed by atoms with Crippen LogP contribution in [0.1, 0.15) is 38.8 Å². The van der Waals surface area contributed by atoms with Crippen molar-refractivity contribution in [2.45, 2.75) is 64.1 Å². The van der Waals surface area contributed by atoms with Crippen molar-refractivity contribution in [1.82, 2.24) is 5.06 Å². The number of benzene rings is 4. The highest BCUT2D eigenvalue weighted by Crippen LogP contribution is 2.39. The van der Waals surface area contributed by atoms with Crippen LogP contribution in [0.4, 0.5) is 0 Å². The molecule has 0 bridgehead atoms. The van der Waals surface area contributed by atoms with Crippen molar-refractivity contribution in [2.24, 2.45) is 5.92 Å². The highest BCUT2D eigenvalue weighted by atomic mass is 28.4. The first kappa shape index (κ1) is 31.8. The maximum Gasteiger partial charge on any atom is 0.308 e. The molecule has 4 atom stereocenters. The van der Waals surface area contributed by atoms with Crippen molar-refractivity contribution in [3.63, 3.8) is 0 Å². The molecule has 1 aliphatic heterocycles. The van der Waals surface area contributed by atoms with E-state index in [0.29, 0.717) is 13.2 Å². The molecule has 230 valence electrons. The van der Waals surface area contributed by atoms with E-state index in [9.17, 15) is 9.90 Å². The minimum absolute atomic E-state index is 0.216. The predicted molar refractivity (Wildman–Crippen MR) is 176 cm³/mol. The van der Waals surface area contributed by atoms with Gasteiger partial charge in [0.2, 0.25) is 0 Å². The Labute approximate surface area is 262 Å². The number of carboxylic acid groups (broad SMARTS) is 1. The van der Waals surface area contributed by atoms with Gasteiger partial charge in [-0.3, -0.25) is 9.63 Å². The van der Waals surface area contributed by atoms with Gasteiger partial charge in [-0.05, 0) is 26.5 Å². The third kappa shape index (κ3) is 6.88. The largest absolute Gasteiger partial charge is 0.481 e. The minimum atomic E-state index is -2.87. The molecule has 4 aromatic rings. The zero-order valence-electron chi connectivity index (χ0n) is 26.0. The van der Waals surface area contributed by atoms with Crippen molar-refractivity contribution in [3.8, 4) is 0 Å². The third-order valence-electron chi connectivity index (χ3n) is 8.56. The van der Waals surface area contributed by atoms with Crippen molar-refractivity contribution in [2.75, 3.05) is 6.61 Å². The molecule has 1 saturated heterocycles. The maximum absolute atomic E-state index is 12.5. The molecule has 1 unspecified atom stereocenters. The summed E-state index contributed by atoms with van der Waals surface area (Å²) in [6.07, 6.45) is -1.06. The molecule has 0 aromatic heterocycles. The Morgan fingerprint density at radius 2 is 1.30 bits per heavy atom. The molecule has 0 radical (unpaired) electrons. The topological polar surface area (TPSA) is 68.2 Å². The first-order chi connectivity index (χ1) is 21.2. The van der Waals surface area contributed by atoms with Gasteiger partial charge in [0.1, 0.15) is 12.2 Å². The first-order valence-electron chi connectivity index (χ1n) is 15.3. The molecule has 1 heterocycles. The summed E-state index contributed by atoms with van der Waals surface area (Å²) < 4.78 is 13.9. The number of carboxylic acids is 1. The summed E-state index contributed by atoms with van der Waals surface area (Å²) in [5.41, 5.74) is 2.05. The fourth-order valence-electron chi connectivity index (χ4n) is 6.34. The Morgan fingerprint density at radius 3 is 1.77 bits per heavy atom. The van der Waals surface area contributed by atoms with Crippen LogP contribution in [0, 0.1) is 5.92 Å². The third-order valence-corrected chi connectivity index (χ3v) is 13.6. The molecule has 7 heteroatoms. The molecule has 0 spiro atoms. The van der Waals surface area contributed by atoms with Gasteiger partial charge in [0.05, 0.1) is 25.2 Å². The Balaban J connectivity index is 1.53. The van der Waals surface area contributed by atoms with E-state index >= 15 is 0 Å². The lowest BCUT2D eigenvalue weighted by molar-refractivity contribution is -0.186. The summed E-state index contributed by atoms with van der Waals surface area (Å²) in [4.78, 5) is 19.1. The SMILES string of the molecule is CC(C(=O)O)[C@H]1[C@@H](OCc2ccccc2)[C@H](CO[Si](c2ccccc2)(c2ccccc2)C(C)(C)C)ON1Cc1ccccc1. The van der Waals surface area contributed by atoms with Gasteiger partial charge in [-0.25, -0.2) is 0 Å². The number of aliphatic carboxylic acids is 1. The van der Waals surface area contributed by atoms with Crippen LogP contribution in [0.15, 0.2) is 121 Å². The Hall–Kier alpha value is -3.59. The van der Waals surface area contributed by atoms with Crippen LogP contribution in [0.3, 0.4) is 0 Å². The second-order valence-corrected chi connectivity index (χ2v) is 16.9. The van der Waals surface area contributed by atoms with E-state index in [1.165, 1.54) is 10.4 Å². The first-order valence-corrected chi connectivity index (χ1v) is 17.2. The zero-order chi connectivity index (χ0) is 31.2. The number of ether oxygens (including phenoxy) is 1. The number of hydroxylamine groups is 2. The van der Waals surface area contributed by atoms with Gasteiger partial charge in [0.25, 0.3) is 8.32 Å². The quantitative estimate of drug-likeness (QED) is 0.197. The number of carbonyl (C=O) groups is 1. The van der Waals surface area contributed by atoms with Crippen molar-refractivity contribution >= 4 is 24.7 Å². The molecule has 1 aliphatic rings. The average Bonchev–Trinajstić information content (AvgIpc) is 3.37. The molecule has 4 aromatic carbocycles. The second-order valence-electron chi connectivity index (χ2n) is 12.6. The van der Waals surface area contributed by atoms with E-state index in [0.717, 1.165) is 11.1 Å². The molecule has 5 rings (SSSR count). The van der Waals surface area contributed by atoms with Gasteiger partial charge >= 0.3 is 5.97 Å². The zero-order valence-corrected chi connectivity index (χ0v) is 27.0. The number of nitrogens with zero attached hydrogens (tertiary/aromatic N) is 1. The normalized spacial score (nSPS) is 20.0. The van der Waals surface area contributed by atoms with E-state index in [1.54, 1.807) is 6.92 Å². The molecule has 1 fully saturated rings. The van der Waals surface area contributed by atoms with Gasteiger partial charge < -0.3 is 14.3 Å². The van der Waals surface area contributed by atoms with Crippen LogP contribution in [-0.4, -0.2) is 49.3 Å². The molecule has 44 heavy (non-hydrogen) atoms.